The Morgan fingerprint density at radius 1 is 1.29 bits per heavy atom. The summed E-state index contributed by atoms with van der Waals surface area (Å²) in [5.74, 6) is 0.649. The van der Waals surface area contributed by atoms with Crippen molar-refractivity contribution in [2.75, 3.05) is 39.6 Å². The van der Waals surface area contributed by atoms with E-state index in [1.165, 1.54) is 4.88 Å². The standard InChI is InChI=1S/C17H22ClN3OS2/c1-20(2)8-9-21(12-14-5-4-10-24-14)17(23)19-13-6-7-16(22-3)15(18)11-13/h4-7,10-11H,8-9,12H2,1-3H3,(H,19,23). The van der Waals surface area contributed by atoms with Crippen molar-refractivity contribution in [3.05, 3.63) is 45.6 Å². The van der Waals surface area contributed by atoms with Crippen LogP contribution in [-0.2, 0) is 6.54 Å². The molecule has 0 aliphatic heterocycles. The van der Waals surface area contributed by atoms with Gasteiger partial charge in [-0.05, 0) is 56.0 Å². The van der Waals surface area contributed by atoms with Crippen LogP contribution in [0.2, 0.25) is 5.02 Å². The molecule has 0 saturated heterocycles. The van der Waals surface area contributed by atoms with Gasteiger partial charge in [0.25, 0.3) is 0 Å². The molecule has 1 N–H and O–H groups in total. The first-order valence-corrected chi connectivity index (χ1v) is 9.22. The zero-order chi connectivity index (χ0) is 17.5. The lowest BCUT2D eigenvalue weighted by atomic mass is 10.3. The fourth-order valence-corrected chi connectivity index (χ4v) is 3.36. The number of nitrogens with zero attached hydrogens (tertiary/aromatic N) is 2. The predicted octanol–water partition coefficient (Wildman–Crippen LogP) is 4.17. The lowest BCUT2D eigenvalue weighted by molar-refractivity contribution is 0.329. The summed E-state index contributed by atoms with van der Waals surface area (Å²) in [6.07, 6.45) is 0. The van der Waals surface area contributed by atoms with E-state index in [4.69, 9.17) is 28.6 Å². The number of nitrogens with one attached hydrogen (secondary N) is 1. The van der Waals surface area contributed by atoms with Crippen LogP contribution in [0.25, 0.3) is 0 Å². The van der Waals surface area contributed by atoms with Crippen molar-refractivity contribution < 1.29 is 4.74 Å². The lowest BCUT2D eigenvalue weighted by Crippen LogP contribution is -2.38. The fraction of sp³-hybridized carbons (Fsp3) is 0.353. The second kappa shape index (κ2) is 9.22. The van der Waals surface area contributed by atoms with Gasteiger partial charge in [-0.1, -0.05) is 17.7 Å². The largest absolute Gasteiger partial charge is 0.495 e. The van der Waals surface area contributed by atoms with Crippen LogP contribution in [0.5, 0.6) is 5.75 Å². The molecule has 0 radical (unpaired) electrons. The van der Waals surface area contributed by atoms with Gasteiger partial charge in [-0.2, -0.15) is 0 Å². The quantitative estimate of drug-likeness (QED) is 0.724. The molecule has 7 heteroatoms. The van der Waals surface area contributed by atoms with Crippen LogP contribution in [0, 0.1) is 0 Å². The zero-order valence-electron chi connectivity index (χ0n) is 14.1. The third-order valence-electron chi connectivity index (χ3n) is 3.43. The summed E-state index contributed by atoms with van der Waals surface area (Å²) in [6.45, 7) is 2.57. The van der Waals surface area contributed by atoms with Crippen LogP contribution in [0.3, 0.4) is 0 Å². The molecule has 0 bridgehead atoms. The monoisotopic (exact) mass is 383 g/mol. The topological polar surface area (TPSA) is 27.7 Å². The van der Waals surface area contributed by atoms with Crippen LogP contribution >= 0.6 is 35.2 Å². The molecule has 0 spiro atoms. The Morgan fingerprint density at radius 3 is 2.67 bits per heavy atom. The second-order valence-electron chi connectivity index (χ2n) is 5.58. The van der Waals surface area contributed by atoms with E-state index in [0.717, 1.165) is 25.3 Å². The maximum Gasteiger partial charge on any atom is 0.173 e. The number of likely N-dealkylation sites (N-methyl/N-ethyl adjacent to an activating group) is 1. The summed E-state index contributed by atoms with van der Waals surface area (Å²) in [7, 11) is 5.72. The van der Waals surface area contributed by atoms with Crippen molar-refractivity contribution in [2.45, 2.75) is 6.54 Å². The minimum absolute atomic E-state index is 0.559. The van der Waals surface area contributed by atoms with Crippen molar-refractivity contribution in [1.82, 2.24) is 9.80 Å². The molecule has 1 aromatic heterocycles. The normalized spacial score (nSPS) is 10.7. The molecule has 0 aliphatic carbocycles. The molecule has 0 saturated carbocycles. The third kappa shape index (κ3) is 5.63. The van der Waals surface area contributed by atoms with Gasteiger partial charge in [0.2, 0.25) is 0 Å². The second-order valence-corrected chi connectivity index (χ2v) is 7.41. The number of hydrogen-bond donors (Lipinski definition) is 1. The molecule has 0 amide bonds. The molecule has 1 heterocycles. The van der Waals surface area contributed by atoms with E-state index in [1.807, 2.05) is 18.2 Å². The first-order valence-electron chi connectivity index (χ1n) is 7.56. The molecule has 2 aromatic rings. The van der Waals surface area contributed by atoms with Crippen LogP contribution in [0.4, 0.5) is 5.69 Å². The van der Waals surface area contributed by atoms with Crippen molar-refractivity contribution in [3.63, 3.8) is 0 Å². The smallest absolute Gasteiger partial charge is 0.173 e. The molecule has 24 heavy (non-hydrogen) atoms. The van der Waals surface area contributed by atoms with Gasteiger partial charge in [-0.3, -0.25) is 0 Å². The molecule has 0 unspecified atom stereocenters. The van der Waals surface area contributed by atoms with Gasteiger partial charge in [-0.25, -0.2) is 0 Å². The maximum absolute atomic E-state index is 6.18. The average Bonchev–Trinajstić information content (AvgIpc) is 3.04. The first-order chi connectivity index (χ1) is 11.5. The number of rotatable bonds is 7. The van der Waals surface area contributed by atoms with Gasteiger partial charge >= 0.3 is 0 Å². The Kier molecular flexibility index (Phi) is 7.30. The third-order valence-corrected chi connectivity index (χ3v) is 4.95. The highest BCUT2D eigenvalue weighted by Gasteiger charge is 2.12. The maximum atomic E-state index is 6.18. The number of ether oxygens (including phenoxy) is 1. The summed E-state index contributed by atoms with van der Waals surface area (Å²) >= 11 is 13.5. The molecular weight excluding hydrogens is 362 g/mol. The van der Waals surface area contributed by atoms with E-state index in [2.05, 4.69) is 46.7 Å². The van der Waals surface area contributed by atoms with Crippen molar-refractivity contribution in [3.8, 4) is 5.75 Å². The molecule has 0 fully saturated rings. The van der Waals surface area contributed by atoms with Gasteiger partial charge in [-0.15, -0.1) is 11.3 Å². The van der Waals surface area contributed by atoms with E-state index in [-0.39, 0.29) is 0 Å². The molecule has 4 nitrogen and oxygen atoms in total. The number of benzene rings is 1. The van der Waals surface area contributed by atoms with Gasteiger partial charge in [0.15, 0.2) is 5.11 Å². The zero-order valence-corrected chi connectivity index (χ0v) is 16.5. The Labute approximate surface area is 158 Å². The Balaban J connectivity index is 2.06. The first kappa shape index (κ1) is 19.0. The van der Waals surface area contributed by atoms with E-state index in [9.17, 15) is 0 Å². The van der Waals surface area contributed by atoms with Gasteiger partial charge in [0.05, 0.1) is 18.7 Å². The molecule has 0 atom stereocenters. The number of hydrogen-bond acceptors (Lipinski definition) is 4. The van der Waals surface area contributed by atoms with Gasteiger partial charge < -0.3 is 19.9 Å². The summed E-state index contributed by atoms with van der Waals surface area (Å²) in [6, 6.07) is 9.75. The molecule has 0 aliphatic rings. The number of halogens is 1. The lowest BCUT2D eigenvalue weighted by Gasteiger charge is -2.27. The highest BCUT2D eigenvalue weighted by atomic mass is 35.5. The number of thiocarbonyl (C=S) groups is 1. The fourth-order valence-electron chi connectivity index (χ4n) is 2.11. The predicted molar refractivity (Wildman–Crippen MR) is 108 cm³/mol. The van der Waals surface area contributed by atoms with Crippen LogP contribution < -0.4 is 10.1 Å². The highest BCUT2D eigenvalue weighted by molar-refractivity contribution is 7.80. The molecule has 1 aromatic carbocycles. The van der Waals surface area contributed by atoms with Crippen molar-refractivity contribution >= 4 is 46.0 Å². The van der Waals surface area contributed by atoms with Crippen molar-refractivity contribution in [2.24, 2.45) is 0 Å². The number of thiophene rings is 1. The van der Waals surface area contributed by atoms with Gasteiger partial charge in [0, 0.05) is 23.7 Å². The molecule has 130 valence electrons. The van der Waals surface area contributed by atoms with Crippen LogP contribution in [0.15, 0.2) is 35.7 Å². The molecule has 2 rings (SSSR count). The van der Waals surface area contributed by atoms with E-state index >= 15 is 0 Å². The summed E-state index contributed by atoms with van der Waals surface area (Å²) in [4.78, 5) is 5.60. The SMILES string of the molecule is COc1ccc(NC(=S)N(CCN(C)C)Cc2cccs2)cc1Cl. The summed E-state index contributed by atoms with van der Waals surface area (Å²) in [5.41, 5.74) is 0.854. The Hall–Kier alpha value is -1.34. The van der Waals surface area contributed by atoms with Gasteiger partial charge in [0.1, 0.15) is 5.75 Å². The molecular formula is C17H22ClN3OS2. The summed E-state index contributed by atoms with van der Waals surface area (Å²) in [5, 5.41) is 6.60. The Morgan fingerprint density at radius 2 is 2.08 bits per heavy atom. The Bertz CT molecular complexity index is 662. The van der Waals surface area contributed by atoms with Crippen molar-refractivity contribution in [1.29, 1.82) is 0 Å². The average molecular weight is 384 g/mol. The van der Waals surface area contributed by atoms with E-state index in [1.54, 1.807) is 18.4 Å². The minimum atomic E-state index is 0.559. The van der Waals surface area contributed by atoms with E-state index in [0.29, 0.717) is 15.9 Å². The van der Waals surface area contributed by atoms with Crippen LogP contribution in [-0.4, -0.2) is 49.2 Å². The van der Waals surface area contributed by atoms with Crippen LogP contribution in [0.1, 0.15) is 4.88 Å². The van der Waals surface area contributed by atoms with E-state index < -0.39 is 0 Å². The highest BCUT2D eigenvalue weighted by Crippen LogP contribution is 2.27. The number of methoxy groups -OCH3 is 1. The minimum Gasteiger partial charge on any atom is -0.495 e. The number of anilines is 1. The summed E-state index contributed by atoms with van der Waals surface area (Å²) < 4.78 is 5.18.